The zero-order chi connectivity index (χ0) is 25.7. The van der Waals surface area contributed by atoms with Crippen molar-refractivity contribution >= 4 is 17.2 Å². The van der Waals surface area contributed by atoms with Crippen LogP contribution in [0.2, 0.25) is 0 Å². The Kier molecular flexibility index (Phi) is 13.0. The Morgan fingerprint density at radius 3 is 2.12 bits per heavy atom. The standard InChI is InChI=1S/C14H20FNO.C11H14O.C5H10/c1-6-10(3)16-13-9(2)7-11(8-12(13)15)14(4,5)17;1-2-11(12)9-8-10-6-4-3-5-7-10;1-5-3-2-4-5/h7-8,17H,6H2,1-5H3;3-7H,2,8-9H2,1H3;5H,2-4H2,1H3. The maximum atomic E-state index is 13.9. The summed E-state index contributed by atoms with van der Waals surface area (Å²) in [5, 5.41) is 9.85. The van der Waals surface area contributed by atoms with Gasteiger partial charge in [0.1, 0.15) is 17.3 Å². The van der Waals surface area contributed by atoms with Crippen LogP contribution >= 0.6 is 0 Å². The molecule has 1 aliphatic rings. The molecule has 34 heavy (non-hydrogen) atoms. The van der Waals surface area contributed by atoms with Crippen LogP contribution in [-0.2, 0) is 16.8 Å². The molecule has 0 saturated heterocycles. The monoisotopic (exact) mass is 469 g/mol. The molecule has 3 rings (SSSR count). The fourth-order valence-corrected chi connectivity index (χ4v) is 3.22. The van der Waals surface area contributed by atoms with Gasteiger partial charge in [-0.05, 0) is 69.2 Å². The molecule has 4 heteroatoms. The summed E-state index contributed by atoms with van der Waals surface area (Å²) in [6, 6.07) is 13.3. The number of ketones is 1. The first-order valence-electron chi connectivity index (χ1n) is 12.6. The highest BCUT2D eigenvalue weighted by atomic mass is 19.1. The third-order valence-electron chi connectivity index (χ3n) is 6.10. The number of aliphatic imine (C=N–C) groups is 1. The maximum absolute atomic E-state index is 13.9. The molecule has 0 heterocycles. The van der Waals surface area contributed by atoms with Crippen molar-refractivity contribution in [1.82, 2.24) is 0 Å². The van der Waals surface area contributed by atoms with E-state index in [4.69, 9.17) is 0 Å². The second-order valence-electron chi connectivity index (χ2n) is 9.80. The van der Waals surface area contributed by atoms with Gasteiger partial charge in [0, 0.05) is 18.6 Å². The molecule has 2 aromatic rings. The van der Waals surface area contributed by atoms with Gasteiger partial charge in [0.2, 0.25) is 0 Å². The summed E-state index contributed by atoms with van der Waals surface area (Å²) in [5.41, 5.74) is 2.79. The second kappa shape index (κ2) is 14.8. The van der Waals surface area contributed by atoms with Gasteiger partial charge in [-0.3, -0.25) is 9.79 Å². The number of hydrogen-bond donors (Lipinski definition) is 1. The summed E-state index contributed by atoms with van der Waals surface area (Å²) in [7, 11) is 0. The number of rotatable bonds is 7. The average Bonchev–Trinajstić information content (AvgIpc) is 2.79. The Labute approximate surface area is 206 Å². The van der Waals surface area contributed by atoms with Gasteiger partial charge in [-0.25, -0.2) is 4.39 Å². The summed E-state index contributed by atoms with van der Waals surface area (Å²) in [6.45, 7) is 13.2. The molecule has 0 spiro atoms. The van der Waals surface area contributed by atoms with Gasteiger partial charge < -0.3 is 5.11 Å². The summed E-state index contributed by atoms with van der Waals surface area (Å²) >= 11 is 0. The van der Waals surface area contributed by atoms with E-state index in [0.717, 1.165) is 30.0 Å². The summed E-state index contributed by atoms with van der Waals surface area (Å²) in [6.07, 6.45) is 7.48. The number of benzene rings is 2. The number of carbonyl (C=O) groups is 1. The van der Waals surface area contributed by atoms with Crippen molar-refractivity contribution in [3.63, 3.8) is 0 Å². The molecule has 188 valence electrons. The minimum absolute atomic E-state index is 0.346. The highest BCUT2D eigenvalue weighted by Crippen LogP contribution is 2.29. The number of aliphatic hydroxyl groups is 1. The Morgan fingerprint density at radius 2 is 1.71 bits per heavy atom. The molecule has 1 saturated carbocycles. The lowest BCUT2D eigenvalue weighted by Crippen LogP contribution is -2.16. The highest BCUT2D eigenvalue weighted by molar-refractivity contribution is 5.84. The molecule has 0 atom stereocenters. The van der Waals surface area contributed by atoms with Crippen molar-refractivity contribution in [2.24, 2.45) is 10.9 Å². The first-order valence-corrected chi connectivity index (χ1v) is 12.6. The number of aryl methyl sites for hydroxylation is 2. The van der Waals surface area contributed by atoms with Crippen molar-refractivity contribution in [3.8, 4) is 0 Å². The van der Waals surface area contributed by atoms with Crippen LogP contribution in [0, 0.1) is 18.7 Å². The van der Waals surface area contributed by atoms with E-state index in [1.54, 1.807) is 26.8 Å². The molecule has 3 nitrogen and oxygen atoms in total. The zero-order valence-corrected chi connectivity index (χ0v) is 22.2. The number of hydrogen-bond acceptors (Lipinski definition) is 3. The Morgan fingerprint density at radius 1 is 1.12 bits per heavy atom. The van der Waals surface area contributed by atoms with Crippen LogP contribution in [-0.4, -0.2) is 16.6 Å². The number of Topliss-reactive ketones (excluding diaryl/α,β-unsaturated/α-hetero) is 1. The third kappa shape index (κ3) is 11.2. The topological polar surface area (TPSA) is 49.7 Å². The van der Waals surface area contributed by atoms with Gasteiger partial charge in [0.25, 0.3) is 0 Å². The van der Waals surface area contributed by atoms with Gasteiger partial charge in [-0.2, -0.15) is 0 Å². The first kappa shape index (κ1) is 29.7. The molecule has 2 aromatic carbocycles. The van der Waals surface area contributed by atoms with Gasteiger partial charge in [0.05, 0.1) is 5.60 Å². The van der Waals surface area contributed by atoms with Crippen LogP contribution in [0.15, 0.2) is 47.5 Å². The molecule has 0 bridgehead atoms. The predicted octanol–water partition coefficient (Wildman–Crippen LogP) is 8.27. The van der Waals surface area contributed by atoms with E-state index in [-0.39, 0.29) is 5.82 Å². The molecular formula is C30H44FNO2. The molecule has 0 aromatic heterocycles. The van der Waals surface area contributed by atoms with Crippen molar-refractivity contribution in [2.75, 3.05) is 0 Å². The second-order valence-corrected chi connectivity index (χ2v) is 9.80. The number of nitrogens with zero attached hydrogens (tertiary/aromatic N) is 1. The average molecular weight is 470 g/mol. The quantitative estimate of drug-likeness (QED) is 0.415. The van der Waals surface area contributed by atoms with Crippen molar-refractivity contribution in [2.45, 2.75) is 99.0 Å². The lowest BCUT2D eigenvalue weighted by molar-refractivity contribution is -0.118. The van der Waals surface area contributed by atoms with E-state index in [1.807, 2.05) is 39.0 Å². The fraction of sp³-hybridized carbons (Fsp3) is 0.533. The summed E-state index contributed by atoms with van der Waals surface area (Å²) in [4.78, 5) is 15.2. The Balaban J connectivity index is 0.000000292. The Hall–Kier alpha value is -2.33. The number of carbonyl (C=O) groups excluding carboxylic acids is 1. The van der Waals surface area contributed by atoms with Gasteiger partial charge in [0.15, 0.2) is 0 Å². The SMILES string of the molecule is CC1CCC1.CCC(=O)CCc1ccccc1.CCC(C)=Nc1c(C)cc(C(C)(C)O)cc1F. The third-order valence-corrected chi connectivity index (χ3v) is 6.10. The smallest absolute Gasteiger partial charge is 0.149 e. The highest BCUT2D eigenvalue weighted by Gasteiger charge is 2.19. The fourth-order valence-electron chi connectivity index (χ4n) is 3.22. The van der Waals surface area contributed by atoms with Gasteiger partial charge >= 0.3 is 0 Å². The predicted molar refractivity (Wildman–Crippen MR) is 143 cm³/mol. The van der Waals surface area contributed by atoms with Crippen LogP contribution in [0.3, 0.4) is 0 Å². The minimum Gasteiger partial charge on any atom is -0.386 e. The normalized spacial score (nSPS) is 13.7. The van der Waals surface area contributed by atoms with E-state index in [2.05, 4.69) is 24.0 Å². The van der Waals surface area contributed by atoms with Gasteiger partial charge in [-0.15, -0.1) is 0 Å². The van der Waals surface area contributed by atoms with Crippen LogP contribution in [0.1, 0.15) is 96.8 Å². The minimum atomic E-state index is -1.03. The van der Waals surface area contributed by atoms with Crippen LogP contribution in [0.4, 0.5) is 10.1 Å². The Bertz CT molecular complexity index is 886. The van der Waals surface area contributed by atoms with Crippen molar-refractivity contribution in [1.29, 1.82) is 0 Å². The summed E-state index contributed by atoms with van der Waals surface area (Å²) < 4.78 is 13.9. The molecule has 1 fully saturated rings. The molecule has 1 aliphatic carbocycles. The van der Waals surface area contributed by atoms with E-state index in [9.17, 15) is 14.3 Å². The number of halogens is 1. The molecule has 0 amide bonds. The first-order chi connectivity index (χ1) is 16.0. The van der Waals surface area contributed by atoms with E-state index in [0.29, 0.717) is 29.9 Å². The van der Waals surface area contributed by atoms with Crippen molar-refractivity contribution < 1.29 is 14.3 Å². The molecular weight excluding hydrogens is 425 g/mol. The molecule has 0 radical (unpaired) electrons. The molecule has 0 unspecified atom stereocenters. The molecule has 0 aliphatic heterocycles. The maximum Gasteiger partial charge on any atom is 0.149 e. The van der Waals surface area contributed by atoms with Crippen LogP contribution in [0.5, 0.6) is 0 Å². The van der Waals surface area contributed by atoms with E-state index in [1.165, 1.54) is 30.9 Å². The van der Waals surface area contributed by atoms with E-state index < -0.39 is 5.60 Å². The lowest BCUT2D eigenvalue weighted by atomic mass is 9.88. The molecule has 1 N–H and O–H groups in total. The summed E-state index contributed by atoms with van der Waals surface area (Å²) in [5.74, 6) is 1.03. The van der Waals surface area contributed by atoms with Crippen LogP contribution in [0.25, 0.3) is 0 Å². The zero-order valence-electron chi connectivity index (χ0n) is 22.2. The lowest BCUT2D eigenvalue weighted by Gasteiger charge is -2.19. The largest absolute Gasteiger partial charge is 0.386 e. The van der Waals surface area contributed by atoms with Crippen LogP contribution < -0.4 is 0 Å². The van der Waals surface area contributed by atoms with Gasteiger partial charge in [-0.1, -0.05) is 76.4 Å². The van der Waals surface area contributed by atoms with E-state index >= 15 is 0 Å². The van der Waals surface area contributed by atoms with Crippen molar-refractivity contribution in [3.05, 3.63) is 65.0 Å².